The first kappa shape index (κ1) is 20.2. The third kappa shape index (κ3) is 5.45. The molecule has 0 aliphatic heterocycles. The number of carbonyl (C=O) groups excluding carboxylic acids is 2. The van der Waals surface area contributed by atoms with Crippen molar-refractivity contribution in [3.8, 4) is 0 Å². The number of amides is 2. The highest BCUT2D eigenvalue weighted by atomic mass is 32.2. The molecule has 2 aromatic carbocycles. The lowest BCUT2D eigenvalue weighted by Gasteiger charge is -2.12. The SMILES string of the molecule is CCOC(=O)NNC(=O)c1ccc(C)c(S(=O)(=O)Nc2ccc(C)cc2)c1. The number of sulfonamides is 1. The second-order valence-corrected chi connectivity index (χ2v) is 7.40. The van der Waals surface area contributed by atoms with E-state index in [9.17, 15) is 18.0 Å². The Balaban J connectivity index is 2.21. The van der Waals surface area contributed by atoms with Crippen LogP contribution < -0.4 is 15.6 Å². The lowest BCUT2D eigenvalue weighted by atomic mass is 10.1. The summed E-state index contributed by atoms with van der Waals surface area (Å²) in [5, 5.41) is 0. The maximum absolute atomic E-state index is 12.7. The molecule has 3 N–H and O–H groups in total. The van der Waals surface area contributed by atoms with Crippen molar-refractivity contribution in [1.29, 1.82) is 0 Å². The average molecular weight is 391 g/mol. The molecule has 144 valence electrons. The highest BCUT2D eigenvalue weighted by Gasteiger charge is 2.19. The summed E-state index contributed by atoms with van der Waals surface area (Å²) in [4.78, 5) is 23.3. The average Bonchev–Trinajstić information content (AvgIpc) is 2.62. The summed E-state index contributed by atoms with van der Waals surface area (Å²) < 4.78 is 32.5. The number of hydrogen-bond acceptors (Lipinski definition) is 5. The van der Waals surface area contributed by atoms with Crippen LogP contribution in [0.25, 0.3) is 0 Å². The van der Waals surface area contributed by atoms with Crippen molar-refractivity contribution in [3.05, 3.63) is 59.2 Å². The third-order valence-corrected chi connectivity index (χ3v) is 5.12. The first-order chi connectivity index (χ1) is 12.7. The van der Waals surface area contributed by atoms with Crippen molar-refractivity contribution in [3.63, 3.8) is 0 Å². The monoisotopic (exact) mass is 391 g/mol. The van der Waals surface area contributed by atoms with Crippen molar-refractivity contribution in [2.24, 2.45) is 0 Å². The molecule has 0 aliphatic carbocycles. The molecule has 8 nitrogen and oxygen atoms in total. The molecular weight excluding hydrogens is 370 g/mol. The largest absolute Gasteiger partial charge is 0.449 e. The van der Waals surface area contributed by atoms with Gasteiger partial charge in [-0.1, -0.05) is 23.8 Å². The molecule has 0 unspecified atom stereocenters. The van der Waals surface area contributed by atoms with Crippen LogP contribution >= 0.6 is 0 Å². The van der Waals surface area contributed by atoms with E-state index in [-0.39, 0.29) is 17.1 Å². The van der Waals surface area contributed by atoms with Crippen molar-refractivity contribution >= 4 is 27.7 Å². The van der Waals surface area contributed by atoms with Gasteiger partial charge in [-0.05, 0) is 50.6 Å². The fraction of sp³-hybridized carbons (Fsp3) is 0.222. The van der Waals surface area contributed by atoms with Crippen molar-refractivity contribution in [2.45, 2.75) is 25.7 Å². The summed E-state index contributed by atoms with van der Waals surface area (Å²) in [6, 6.07) is 11.1. The molecule has 9 heteroatoms. The predicted octanol–water partition coefficient (Wildman–Crippen LogP) is 2.50. The Kier molecular flexibility index (Phi) is 6.40. The zero-order valence-electron chi connectivity index (χ0n) is 15.2. The van der Waals surface area contributed by atoms with Crippen LogP contribution in [0.5, 0.6) is 0 Å². The van der Waals surface area contributed by atoms with E-state index < -0.39 is 22.0 Å². The van der Waals surface area contributed by atoms with Gasteiger partial charge < -0.3 is 4.74 Å². The van der Waals surface area contributed by atoms with E-state index in [0.717, 1.165) is 5.56 Å². The van der Waals surface area contributed by atoms with Crippen LogP contribution in [0.1, 0.15) is 28.4 Å². The van der Waals surface area contributed by atoms with Crippen LogP contribution in [-0.4, -0.2) is 27.0 Å². The second-order valence-electron chi connectivity index (χ2n) is 5.75. The molecule has 0 radical (unpaired) electrons. The molecule has 2 amide bonds. The molecule has 27 heavy (non-hydrogen) atoms. The smallest absolute Gasteiger partial charge is 0.426 e. The number of aryl methyl sites for hydroxylation is 2. The molecule has 0 saturated heterocycles. The number of anilines is 1. The molecular formula is C18H21N3O5S. The zero-order valence-corrected chi connectivity index (χ0v) is 16.0. The minimum Gasteiger partial charge on any atom is -0.449 e. The van der Waals surface area contributed by atoms with Gasteiger partial charge in [0.2, 0.25) is 0 Å². The number of hydrazine groups is 1. The zero-order chi connectivity index (χ0) is 20.0. The molecule has 2 rings (SSSR count). The molecule has 0 aromatic heterocycles. The van der Waals surface area contributed by atoms with E-state index in [2.05, 4.69) is 20.3 Å². The van der Waals surface area contributed by atoms with E-state index >= 15 is 0 Å². The van der Waals surface area contributed by atoms with Gasteiger partial charge in [0, 0.05) is 11.3 Å². The standard InChI is InChI=1S/C18H21N3O5S/c1-4-26-18(23)20-19-17(22)14-8-7-13(3)16(11-14)27(24,25)21-15-9-5-12(2)6-10-15/h5-11,21H,4H2,1-3H3,(H,19,22)(H,20,23). The predicted molar refractivity (Wildman–Crippen MR) is 101 cm³/mol. The minimum atomic E-state index is -3.89. The van der Waals surface area contributed by atoms with Gasteiger partial charge in [-0.2, -0.15) is 0 Å². The van der Waals surface area contributed by atoms with E-state index in [0.29, 0.717) is 11.3 Å². The van der Waals surface area contributed by atoms with Crippen molar-refractivity contribution in [1.82, 2.24) is 10.9 Å². The topological polar surface area (TPSA) is 114 Å². The molecule has 0 saturated carbocycles. The Labute approximate surface area is 157 Å². The Morgan fingerprint density at radius 2 is 1.67 bits per heavy atom. The van der Waals surface area contributed by atoms with E-state index in [1.54, 1.807) is 38.1 Å². The number of rotatable bonds is 5. The number of hydrogen-bond donors (Lipinski definition) is 3. The fourth-order valence-corrected chi connectivity index (χ4v) is 3.54. The van der Waals surface area contributed by atoms with E-state index in [1.807, 2.05) is 6.92 Å². The van der Waals surface area contributed by atoms with Gasteiger partial charge in [0.15, 0.2) is 0 Å². The van der Waals surface area contributed by atoms with Gasteiger partial charge in [0.25, 0.3) is 15.9 Å². The summed E-state index contributed by atoms with van der Waals surface area (Å²) >= 11 is 0. The second kappa shape index (κ2) is 8.54. The van der Waals surface area contributed by atoms with Gasteiger partial charge in [0.1, 0.15) is 0 Å². The maximum atomic E-state index is 12.7. The van der Waals surface area contributed by atoms with Crippen LogP contribution in [0.15, 0.2) is 47.4 Å². The van der Waals surface area contributed by atoms with Gasteiger partial charge >= 0.3 is 6.09 Å². The minimum absolute atomic E-state index is 0.0353. The summed E-state index contributed by atoms with van der Waals surface area (Å²) in [7, 11) is -3.89. The van der Waals surface area contributed by atoms with Gasteiger partial charge in [-0.25, -0.2) is 18.6 Å². The quantitative estimate of drug-likeness (QED) is 0.678. The lowest BCUT2D eigenvalue weighted by Crippen LogP contribution is -2.42. The third-order valence-electron chi connectivity index (χ3n) is 3.60. The molecule has 0 fully saturated rings. The van der Waals surface area contributed by atoms with Crippen LogP contribution in [0.3, 0.4) is 0 Å². The highest BCUT2D eigenvalue weighted by molar-refractivity contribution is 7.92. The lowest BCUT2D eigenvalue weighted by molar-refractivity contribution is 0.0912. The maximum Gasteiger partial charge on any atom is 0.426 e. The normalized spacial score (nSPS) is 10.8. The van der Waals surface area contributed by atoms with E-state index in [4.69, 9.17) is 0 Å². The summed E-state index contributed by atoms with van der Waals surface area (Å²) in [6.45, 7) is 5.30. The van der Waals surface area contributed by atoms with E-state index in [1.165, 1.54) is 18.2 Å². The molecule has 2 aromatic rings. The first-order valence-corrected chi connectivity index (χ1v) is 9.64. The van der Waals surface area contributed by atoms with Gasteiger partial charge in [-0.3, -0.25) is 14.9 Å². The van der Waals surface area contributed by atoms with Crippen LogP contribution in [0.2, 0.25) is 0 Å². The Morgan fingerprint density at radius 1 is 1.00 bits per heavy atom. The molecule has 0 atom stereocenters. The van der Waals surface area contributed by atoms with Gasteiger partial charge in [0.05, 0.1) is 11.5 Å². The fourth-order valence-electron chi connectivity index (χ4n) is 2.21. The number of carbonyl (C=O) groups is 2. The molecule has 0 bridgehead atoms. The highest BCUT2D eigenvalue weighted by Crippen LogP contribution is 2.21. The van der Waals surface area contributed by atoms with Crippen LogP contribution in [0, 0.1) is 13.8 Å². The van der Waals surface area contributed by atoms with Crippen LogP contribution in [-0.2, 0) is 14.8 Å². The molecule has 0 spiro atoms. The summed E-state index contributed by atoms with van der Waals surface area (Å²) in [6.07, 6.45) is -0.813. The summed E-state index contributed by atoms with van der Waals surface area (Å²) in [5.74, 6) is -0.671. The van der Waals surface area contributed by atoms with Crippen molar-refractivity contribution < 1.29 is 22.7 Å². The summed E-state index contributed by atoms with van der Waals surface area (Å²) in [5.41, 5.74) is 6.20. The van der Waals surface area contributed by atoms with Crippen LogP contribution in [0.4, 0.5) is 10.5 Å². The Morgan fingerprint density at radius 3 is 2.30 bits per heavy atom. The number of benzene rings is 2. The number of nitrogens with one attached hydrogen (secondary N) is 3. The first-order valence-electron chi connectivity index (χ1n) is 8.16. The van der Waals surface area contributed by atoms with Crippen molar-refractivity contribution in [2.75, 3.05) is 11.3 Å². The van der Waals surface area contributed by atoms with Gasteiger partial charge in [-0.15, -0.1) is 0 Å². The molecule has 0 aliphatic rings. The molecule has 0 heterocycles. The Bertz CT molecular complexity index is 940. The Hall–Kier alpha value is -3.07. The number of ether oxygens (including phenoxy) is 1.